The van der Waals surface area contributed by atoms with Crippen molar-refractivity contribution in [1.29, 1.82) is 0 Å². The van der Waals surface area contributed by atoms with Crippen molar-refractivity contribution < 1.29 is 9.53 Å². The minimum absolute atomic E-state index is 0.0664. The van der Waals surface area contributed by atoms with E-state index in [1.807, 2.05) is 39.9 Å². The molecule has 0 saturated carbocycles. The molecule has 132 valence electrons. The second-order valence-electron chi connectivity index (χ2n) is 6.77. The second kappa shape index (κ2) is 6.74. The van der Waals surface area contributed by atoms with Gasteiger partial charge in [-0.3, -0.25) is 9.67 Å². The smallest absolute Gasteiger partial charge is 0.320 e. The monoisotopic (exact) mass is 341 g/mol. The third kappa shape index (κ3) is 3.31. The van der Waals surface area contributed by atoms with Gasteiger partial charge in [-0.1, -0.05) is 0 Å². The van der Waals surface area contributed by atoms with Crippen LogP contribution in [0.5, 0.6) is 5.75 Å². The number of fused-ring (bicyclic) bond motifs is 1. The number of ether oxygens (including phenoxy) is 1. The summed E-state index contributed by atoms with van der Waals surface area (Å²) in [6.45, 7) is 3.49. The van der Waals surface area contributed by atoms with Crippen molar-refractivity contribution in [2.45, 2.75) is 25.3 Å². The Bertz CT molecular complexity index is 739. The molecule has 2 amide bonds. The van der Waals surface area contributed by atoms with Gasteiger partial charge in [0.25, 0.3) is 0 Å². The number of amides is 2. The normalized spacial score (nSPS) is 19.8. The van der Waals surface area contributed by atoms with E-state index in [-0.39, 0.29) is 11.9 Å². The molecule has 0 radical (unpaired) electrons. The SMILES string of the molecule is Cn1cc2c(n1)[C@@H](COc1cccnc1)CN(C(=O)N1CCCC1)C2. The molecule has 25 heavy (non-hydrogen) atoms. The number of nitrogens with zero attached hydrogens (tertiary/aromatic N) is 5. The highest BCUT2D eigenvalue weighted by molar-refractivity contribution is 5.75. The van der Waals surface area contributed by atoms with E-state index in [2.05, 4.69) is 10.1 Å². The molecule has 2 aliphatic rings. The minimum atomic E-state index is 0.0664. The van der Waals surface area contributed by atoms with Gasteiger partial charge >= 0.3 is 6.03 Å². The van der Waals surface area contributed by atoms with Crippen molar-refractivity contribution in [1.82, 2.24) is 24.6 Å². The fourth-order valence-corrected chi connectivity index (χ4v) is 3.66. The first-order chi connectivity index (χ1) is 12.2. The molecule has 0 unspecified atom stereocenters. The van der Waals surface area contributed by atoms with E-state index in [9.17, 15) is 4.79 Å². The number of aryl methyl sites for hydroxylation is 1. The molecule has 1 fully saturated rings. The zero-order chi connectivity index (χ0) is 17.2. The summed E-state index contributed by atoms with van der Waals surface area (Å²) in [6.07, 6.45) is 7.64. The number of pyridine rings is 1. The van der Waals surface area contributed by atoms with Crippen LogP contribution < -0.4 is 4.74 Å². The first kappa shape index (κ1) is 15.9. The molecule has 0 aromatic carbocycles. The summed E-state index contributed by atoms with van der Waals surface area (Å²) in [5, 5.41) is 4.61. The Kier molecular flexibility index (Phi) is 4.29. The third-order valence-corrected chi connectivity index (χ3v) is 4.86. The van der Waals surface area contributed by atoms with E-state index in [0.717, 1.165) is 42.9 Å². The lowest BCUT2D eigenvalue weighted by Crippen LogP contribution is -2.46. The van der Waals surface area contributed by atoms with Crippen molar-refractivity contribution in [3.05, 3.63) is 42.0 Å². The van der Waals surface area contributed by atoms with Gasteiger partial charge in [0, 0.05) is 44.6 Å². The van der Waals surface area contributed by atoms with Crippen molar-refractivity contribution in [3.8, 4) is 5.75 Å². The van der Waals surface area contributed by atoms with Crippen LogP contribution in [0.4, 0.5) is 4.79 Å². The number of hydrogen-bond donors (Lipinski definition) is 0. The van der Waals surface area contributed by atoms with Crippen LogP contribution >= 0.6 is 0 Å². The van der Waals surface area contributed by atoms with Gasteiger partial charge in [0.2, 0.25) is 0 Å². The van der Waals surface area contributed by atoms with E-state index in [4.69, 9.17) is 4.74 Å². The molecule has 1 atom stereocenters. The molecule has 0 N–H and O–H groups in total. The highest BCUT2D eigenvalue weighted by Gasteiger charge is 2.33. The first-order valence-corrected chi connectivity index (χ1v) is 8.80. The number of likely N-dealkylation sites (tertiary alicyclic amines) is 1. The fourth-order valence-electron chi connectivity index (χ4n) is 3.66. The molecule has 2 aliphatic heterocycles. The maximum Gasteiger partial charge on any atom is 0.320 e. The number of carbonyl (C=O) groups excluding carboxylic acids is 1. The number of aromatic nitrogens is 3. The summed E-state index contributed by atoms with van der Waals surface area (Å²) >= 11 is 0. The molecule has 0 aliphatic carbocycles. The lowest BCUT2D eigenvalue weighted by molar-refractivity contribution is 0.143. The summed E-state index contributed by atoms with van der Waals surface area (Å²) < 4.78 is 7.73. The predicted octanol–water partition coefficient (Wildman–Crippen LogP) is 2.01. The molecule has 4 heterocycles. The van der Waals surface area contributed by atoms with E-state index in [0.29, 0.717) is 19.7 Å². The van der Waals surface area contributed by atoms with Gasteiger partial charge in [-0.2, -0.15) is 5.10 Å². The van der Waals surface area contributed by atoms with Crippen LogP contribution in [0.3, 0.4) is 0 Å². The average Bonchev–Trinajstić information content (AvgIpc) is 3.28. The quantitative estimate of drug-likeness (QED) is 0.857. The molecule has 4 rings (SSSR count). The lowest BCUT2D eigenvalue weighted by atomic mass is 9.97. The Morgan fingerprint density at radius 3 is 2.92 bits per heavy atom. The van der Waals surface area contributed by atoms with Gasteiger partial charge in [-0.05, 0) is 25.0 Å². The van der Waals surface area contributed by atoms with Crippen molar-refractivity contribution >= 4 is 6.03 Å². The van der Waals surface area contributed by atoms with Crippen LogP contribution in [0.25, 0.3) is 0 Å². The van der Waals surface area contributed by atoms with Crippen LogP contribution in [0.2, 0.25) is 0 Å². The largest absolute Gasteiger partial charge is 0.491 e. The molecule has 7 nitrogen and oxygen atoms in total. The Labute approximate surface area is 147 Å². The molecule has 1 saturated heterocycles. The van der Waals surface area contributed by atoms with Gasteiger partial charge in [0.05, 0.1) is 31.0 Å². The Hall–Kier alpha value is -2.57. The van der Waals surface area contributed by atoms with Crippen molar-refractivity contribution in [2.75, 3.05) is 26.2 Å². The molecular weight excluding hydrogens is 318 g/mol. The summed E-state index contributed by atoms with van der Waals surface area (Å²) in [5.74, 6) is 0.805. The van der Waals surface area contributed by atoms with Crippen LogP contribution in [0.15, 0.2) is 30.7 Å². The van der Waals surface area contributed by atoms with E-state index < -0.39 is 0 Å². The highest BCUT2D eigenvalue weighted by atomic mass is 16.5. The highest BCUT2D eigenvalue weighted by Crippen LogP contribution is 2.29. The van der Waals surface area contributed by atoms with Gasteiger partial charge < -0.3 is 14.5 Å². The molecule has 2 aromatic heterocycles. The van der Waals surface area contributed by atoms with E-state index >= 15 is 0 Å². The number of urea groups is 1. The topological polar surface area (TPSA) is 63.5 Å². The van der Waals surface area contributed by atoms with Gasteiger partial charge in [-0.25, -0.2) is 4.79 Å². The van der Waals surface area contributed by atoms with Gasteiger partial charge in [0.15, 0.2) is 0 Å². The fraction of sp³-hybridized carbons (Fsp3) is 0.500. The maximum absolute atomic E-state index is 12.8. The van der Waals surface area contributed by atoms with Crippen molar-refractivity contribution in [3.63, 3.8) is 0 Å². The summed E-state index contributed by atoms with van der Waals surface area (Å²) in [6, 6.07) is 3.88. The lowest BCUT2D eigenvalue weighted by Gasteiger charge is -2.34. The minimum Gasteiger partial charge on any atom is -0.491 e. The van der Waals surface area contributed by atoms with Gasteiger partial charge in [-0.15, -0.1) is 0 Å². The summed E-state index contributed by atoms with van der Waals surface area (Å²) in [7, 11) is 1.92. The third-order valence-electron chi connectivity index (χ3n) is 4.86. The summed E-state index contributed by atoms with van der Waals surface area (Å²) in [5.41, 5.74) is 2.15. The van der Waals surface area contributed by atoms with Crippen LogP contribution in [-0.4, -0.2) is 56.8 Å². The number of carbonyl (C=O) groups is 1. The molecule has 0 bridgehead atoms. The van der Waals surface area contributed by atoms with Crippen LogP contribution in [-0.2, 0) is 13.6 Å². The number of rotatable bonds is 3. The summed E-state index contributed by atoms with van der Waals surface area (Å²) in [4.78, 5) is 20.8. The Morgan fingerprint density at radius 1 is 1.32 bits per heavy atom. The number of hydrogen-bond acceptors (Lipinski definition) is 4. The first-order valence-electron chi connectivity index (χ1n) is 8.80. The molecule has 0 spiro atoms. The van der Waals surface area contributed by atoms with Crippen molar-refractivity contribution in [2.24, 2.45) is 7.05 Å². The van der Waals surface area contributed by atoms with Gasteiger partial charge in [0.1, 0.15) is 5.75 Å². The second-order valence-corrected chi connectivity index (χ2v) is 6.77. The zero-order valence-corrected chi connectivity index (χ0v) is 14.5. The average molecular weight is 341 g/mol. The molecule has 7 heteroatoms. The Balaban J connectivity index is 1.51. The van der Waals surface area contributed by atoms with E-state index in [1.165, 1.54) is 0 Å². The van der Waals surface area contributed by atoms with Crippen LogP contribution in [0, 0.1) is 0 Å². The molecular formula is C18H23N5O2. The zero-order valence-electron chi connectivity index (χ0n) is 14.5. The molecule has 2 aromatic rings. The van der Waals surface area contributed by atoms with Crippen LogP contribution in [0.1, 0.15) is 30.0 Å². The van der Waals surface area contributed by atoms with E-state index in [1.54, 1.807) is 12.4 Å². The Morgan fingerprint density at radius 2 is 2.16 bits per heavy atom. The predicted molar refractivity (Wildman–Crippen MR) is 92.3 cm³/mol. The maximum atomic E-state index is 12.8. The standard InChI is InChI=1S/C18H23N5O2/c1-21-10-14-11-23(18(24)22-7-2-3-8-22)12-15(17(14)20-21)13-25-16-5-4-6-19-9-16/h4-6,9-10,15H,2-3,7-8,11-13H2,1H3/t15-/m1/s1.